The van der Waals surface area contributed by atoms with Gasteiger partial charge in [-0.15, -0.1) is 0 Å². The molecule has 1 aliphatic carbocycles. The van der Waals surface area contributed by atoms with Gasteiger partial charge < -0.3 is 5.11 Å². The average molecular weight is 502 g/mol. The van der Waals surface area contributed by atoms with Crippen LogP contribution in [0.3, 0.4) is 0 Å². The van der Waals surface area contributed by atoms with Gasteiger partial charge in [-0.05, 0) is 74.1 Å². The summed E-state index contributed by atoms with van der Waals surface area (Å²) in [5.41, 5.74) is 8.85. The van der Waals surface area contributed by atoms with Crippen LogP contribution in [-0.2, 0) is 0 Å². The Morgan fingerprint density at radius 1 is 0.816 bits per heavy atom. The number of hydrogen-bond acceptors (Lipinski definition) is 6. The first-order valence-corrected chi connectivity index (χ1v) is 13.0. The van der Waals surface area contributed by atoms with Crippen LogP contribution in [0.4, 0.5) is 0 Å². The molecule has 1 aliphatic rings. The Labute approximate surface area is 219 Å². The van der Waals surface area contributed by atoms with Crippen molar-refractivity contribution in [1.29, 1.82) is 0 Å². The third-order valence-electron chi connectivity index (χ3n) is 7.66. The minimum absolute atomic E-state index is 0.175. The highest BCUT2D eigenvalue weighted by Crippen LogP contribution is 2.33. The summed E-state index contributed by atoms with van der Waals surface area (Å²) in [7, 11) is 0. The summed E-state index contributed by atoms with van der Waals surface area (Å²) < 4.78 is 3.96. The summed E-state index contributed by atoms with van der Waals surface area (Å²) in [5.74, 6) is 0. The van der Waals surface area contributed by atoms with Gasteiger partial charge in [0.15, 0.2) is 5.65 Å². The van der Waals surface area contributed by atoms with E-state index in [-0.39, 0.29) is 6.10 Å². The number of rotatable bonds is 4. The van der Waals surface area contributed by atoms with Crippen molar-refractivity contribution in [1.82, 2.24) is 34.3 Å². The predicted octanol–water partition coefficient (Wildman–Crippen LogP) is 5.65. The monoisotopic (exact) mass is 501 g/mol. The first kappa shape index (κ1) is 22.7. The number of nitrogens with zero attached hydrogens (tertiary/aromatic N) is 7. The molecular formula is C30H27N7O. The zero-order valence-corrected chi connectivity index (χ0v) is 21.1. The summed E-state index contributed by atoms with van der Waals surface area (Å²) in [6.45, 7) is 2.03. The van der Waals surface area contributed by atoms with E-state index >= 15 is 0 Å². The molecule has 1 saturated carbocycles. The number of aliphatic hydroxyl groups is 1. The highest BCUT2D eigenvalue weighted by atomic mass is 16.3. The molecule has 0 unspecified atom stereocenters. The van der Waals surface area contributed by atoms with Crippen LogP contribution in [0.25, 0.3) is 50.1 Å². The van der Waals surface area contributed by atoms with Crippen molar-refractivity contribution >= 4 is 16.6 Å². The molecule has 5 aromatic heterocycles. The van der Waals surface area contributed by atoms with Crippen molar-refractivity contribution < 1.29 is 5.11 Å². The Morgan fingerprint density at radius 2 is 1.66 bits per heavy atom. The SMILES string of the molecule is Cc1nn2c(-c3ccnc4cc(-c5ccncc5)ccc34)cnc2cc1-c1cnn([C@H]2CC[C@H](O)CC2)c1. The number of aromatic nitrogens is 7. The molecule has 0 atom stereocenters. The lowest BCUT2D eigenvalue weighted by molar-refractivity contribution is 0.108. The second-order valence-corrected chi connectivity index (χ2v) is 10.1. The fraction of sp³-hybridized carbons (Fsp3) is 0.233. The first-order chi connectivity index (χ1) is 18.6. The molecule has 0 bridgehead atoms. The fourth-order valence-corrected chi connectivity index (χ4v) is 5.57. The van der Waals surface area contributed by atoms with Crippen molar-refractivity contribution in [2.75, 3.05) is 0 Å². The summed E-state index contributed by atoms with van der Waals surface area (Å²) in [4.78, 5) is 13.5. The molecule has 8 nitrogen and oxygen atoms in total. The molecule has 0 saturated heterocycles. The Balaban J connectivity index is 1.25. The molecule has 0 radical (unpaired) electrons. The van der Waals surface area contributed by atoms with Gasteiger partial charge in [-0.3, -0.25) is 14.6 Å². The lowest BCUT2D eigenvalue weighted by Gasteiger charge is -2.25. The van der Waals surface area contributed by atoms with E-state index in [2.05, 4.69) is 45.5 Å². The predicted molar refractivity (Wildman–Crippen MR) is 146 cm³/mol. The molecule has 7 rings (SSSR count). The normalized spacial score (nSPS) is 17.8. The Bertz CT molecular complexity index is 1760. The third kappa shape index (κ3) is 3.94. The lowest BCUT2D eigenvalue weighted by atomic mass is 9.93. The van der Waals surface area contributed by atoms with Gasteiger partial charge in [0.2, 0.25) is 0 Å². The van der Waals surface area contributed by atoms with Crippen LogP contribution in [-0.4, -0.2) is 45.6 Å². The zero-order valence-electron chi connectivity index (χ0n) is 21.1. The number of benzene rings is 1. The highest BCUT2D eigenvalue weighted by molar-refractivity contribution is 5.96. The standard InChI is InChI=1S/C30H27N7O/c1-19-27(22-16-34-36(18-22)23-3-5-24(38)6-4-23)15-30-33-17-29(37(30)35-19)26-10-13-32-28-14-21(2-7-25(26)28)20-8-11-31-12-9-20/h2,7-18,23-24,38H,3-6H2,1H3/t23-,24-. The molecule has 8 heteroatoms. The first-order valence-electron chi connectivity index (χ1n) is 13.0. The van der Waals surface area contributed by atoms with Gasteiger partial charge in [0, 0.05) is 46.9 Å². The van der Waals surface area contributed by atoms with Crippen LogP contribution in [0, 0.1) is 6.92 Å². The molecule has 1 fully saturated rings. The molecule has 0 aliphatic heterocycles. The van der Waals surface area contributed by atoms with E-state index in [1.54, 1.807) is 12.4 Å². The van der Waals surface area contributed by atoms with Crippen molar-refractivity contribution in [2.45, 2.75) is 44.8 Å². The third-order valence-corrected chi connectivity index (χ3v) is 7.66. The fourth-order valence-electron chi connectivity index (χ4n) is 5.57. The van der Waals surface area contributed by atoms with Crippen molar-refractivity contribution in [3.05, 3.63) is 85.3 Å². The maximum absolute atomic E-state index is 9.84. The summed E-state index contributed by atoms with van der Waals surface area (Å²) in [6.07, 6.45) is 14.7. The van der Waals surface area contributed by atoms with E-state index in [0.29, 0.717) is 6.04 Å². The van der Waals surface area contributed by atoms with Crippen molar-refractivity contribution in [3.8, 4) is 33.5 Å². The minimum Gasteiger partial charge on any atom is -0.393 e. The van der Waals surface area contributed by atoms with Gasteiger partial charge in [0.1, 0.15) is 0 Å². The van der Waals surface area contributed by atoms with Crippen LogP contribution in [0.15, 0.2) is 79.6 Å². The van der Waals surface area contributed by atoms with Crippen LogP contribution in [0.1, 0.15) is 37.4 Å². The van der Waals surface area contributed by atoms with Gasteiger partial charge in [-0.25, -0.2) is 9.50 Å². The maximum Gasteiger partial charge on any atom is 0.154 e. The number of aliphatic hydroxyl groups excluding tert-OH is 1. The van der Waals surface area contributed by atoms with E-state index in [4.69, 9.17) is 10.1 Å². The second kappa shape index (κ2) is 9.15. The van der Waals surface area contributed by atoms with E-state index in [1.165, 1.54) is 0 Å². The lowest BCUT2D eigenvalue weighted by Crippen LogP contribution is -2.21. The second-order valence-electron chi connectivity index (χ2n) is 10.1. The Kier molecular flexibility index (Phi) is 5.47. The minimum atomic E-state index is -0.175. The van der Waals surface area contributed by atoms with Gasteiger partial charge in [0.05, 0.1) is 41.4 Å². The summed E-state index contributed by atoms with van der Waals surface area (Å²) in [6, 6.07) is 14.8. The summed E-state index contributed by atoms with van der Waals surface area (Å²) in [5, 5.41) is 20.5. The number of imidazole rings is 1. The van der Waals surface area contributed by atoms with Crippen molar-refractivity contribution in [2.24, 2.45) is 0 Å². The number of fused-ring (bicyclic) bond motifs is 2. The molecule has 0 spiro atoms. The molecule has 1 aromatic carbocycles. The molecule has 5 heterocycles. The topological polar surface area (TPSA) is 94.0 Å². The van der Waals surface area contributed by atoms with Crippen LogP contribution in [0.5, 0.6) is 0 Å². The molecular weight excluding hydrogens is 474 g/mol. The number of aryl methyl sites for hydroxylation is 1. The number of hydrogen-bond donors (Lipinski definition) is 1. The molecule has 1 N–H and O–H groups in total. The molecule has 188 valence electrons. The molecule has 0 amide bonds. The summed E-state index contributed by atoms with van der Waals surface area (Å²) >= 11 is 0. The van der Waals surface area contributed by atoms with E-state index in [1.807, 2.05) is 52.9 Å². The number of pyridine rings is 2. The highest BCUT2D eigenvalue weighted by Gasteiger charge is 2.22. The molecule has 6 aromatic rings. The molecule has 38 heavy (non-hydrogen) atoms. The van der Waals surface area contributed by atoms with Crippen LogP contribution < -0.4 is 0 Å². The largest absolute Gasteiger partial charge is 0.393 e. The zero-order chi connectivity index (χ0) is 25.6. The smallest absolute Gasteiger partial charge is 0.154 e. The Morgan fingerprint density at radius 3 is 2.50 bits per heavy atom. The Hall–Kier alpha value is -4.43. The van der Waals surface area contributed by atoms with Gasteiger partial charge in [-0.1, -0.05) is 12.1 Å². The van der Waals surface area contributed by atoms with E-state index in [9.17, 15) is 5.11 Å². The van der Waals surface area contributed by atoms with E-state index < -0.39 is 0 Å². The van der Waals surface area contributed by atoms with Gasteiger partial charge >= 0.3 is 0 Å². The van der Waals surface area contributed by atoms with Gasteiger partial charge in [0.25, 0.3) is 0 Å². The van der Waals surface area contributed by atoms with Gasteiger partial charge in [-0.2, -0.15) is 10.2 Å². The van der Waals surface area contributed by atoms with E-state index in [0.717, 1.165) is 81.4 Å². The van der Waals surface area contributed by atoms with Crippen molar-refractivity contribution in [3.63, 3.8) is 0 Å². The van der Waals surface area contributed by atoms with Crippen LogP contribution in [0.2, 0.25) is 0 Å². The average Bonchev–Trinajstić information content (AvgIpc) is 3.60. The van der Waals surface area contributed by atoms with Crippen LogP contribution >= 0.6 is 0 Å². The maximum atomic E-state index is 9.84. The quantitative estimate of drug-likeness (QED) is 0.335.